The molecule has 130 valence electrons. The first-order valence-electron chi connectivity index (χ1n) is 7.97. The Balaban J connectivity index is 1.60. The molecule has 1 aliphatic heterocycles. The molecule has 0 amide bonds. The second-order valence-electron chi connectivity index (χ2n) is 5.78. The van der Waals surface area contributed by atoms with E-state index in [4.69, 9.17) is 4.74 Å². The van der Waals surface area contributed by atoms with Gasteiger partial charge in [-0.05, 0) is 42.6 Å². The molecule has 1 saturated heterocycles. The van der Waals surface area contributed by atoms with Gasteiger partial charge in [0.25, 0.3) is 0 Å². The lowest BCUT2D eigenvalue weighted by atomic mass is 10.2. The van der Waals surface area contributed by atoms with Crippen molar-refractivity contribution in [2.45, 2.75) is 11.3 Å². The van der Waals surface area contributed by atoms with E-state index >= 15 is 0 Å². The first kappa shape index (κ1) is 17.1. The molecule has 2 N–H and O–H groups in total. The summed E-state index contributed by atoms with van der Waals surface area (Å²) in [4.78, 5) is 16.4. The molecule has 2 aromatic rings. The predicted molar refractivity (Wildman–Crippen MR) is 91.6 cm³/mol. The number of ether oxygens (including phenoxy) is 1. The molecule has 3 rings (SSSR count). The maximum atomic E-state index is 12.4. The fourth-order valence-electron chi connectivity index (χ4n) is 2.72. The van der Waals surface area contributed by atoms with Gasteiger partial charge < -0.3 is 9.72 Å². The topological polar surface area (TPSA) is 91.5 Å². The van der Waals surface area contributed by atoms with Crippen LogP contribution in [0.5, 0.6) is 0 Å². The van der Waals surface area contributed by atoms with Gasteiger partial charge in [-0.3, -0.25) is 9.69 Å². The summed E-state index contributed by atoms with van der Waals surface area (Å²) in [5.74, 6) is 0. The van der Waals surface area contributed by atoms with Crippen LogP contribution in [0.1, 0.15) is 6.42 Å². The average molecular weight is 351 g/mol. The van der Waals surface area contributed by atoms with Crippen molar-refractivity contribution in [1.29, 1.82) is 0 Å². The molecular formula is C16H21N3O4S. The molecular weight excluding hydrogens is 330 g/mol. The molecule has 2 heterocycles. The minimum Gasteiger partial charge on any atom is -0.379 e. The van der Waals surface area contributed by atoms with Crippen LogP contribution in [0.15, 0.2) is 40.0 Å². The fourth-order valence-corrected chi connectivity index (χ4v) is 3.83. The zero-order chi connectivity index (χ0) is 17.0. The largest absolute Gasteiger partial charge is 0.379 e. The number of H-pyrrole nitrogens is 1. The molecule has 8 heteroatoms. The SMILES string of the molecule is O=c1ccc2cc(S(=O)(=O)NCCCN3CCOCC3)ccc2[nH]1. The highest BCUT2D eigenvalue weighted by Crippen LogP contribution is 2.16. The molecule has 1 aliphatic rings. The third-order valence-corrected chi connectivity index (χ3v) is 5.51. The van der Waals surface area contributed by atoms with Crippen LogP contribution in [0.3, 0.4) is 0 Å². The van der Waals surface area contributed by atoms with Crippen LogP contribution >= 0.6 is 0 Å². The van der Waals surface area contributed by atoms with Crippen LogP contribution in [0.25, 0.3) is 10.9 Å². The zero-order valence-electron chi connectivity index (χ0n) is 13.3. The van der Waals surface area contributed by atoms with Crippen LogP contribution in [-0.2, 0) is 14.8 Å². The van der Waals surface area contributed by atoms with Gasteiger partial charge in [0, 0.05) is 31.2 Å². The quantitative estimate of drug-likeness (QED) is 0.741. The summed E-state index contributed by atoms with van der Waals surface area (Å²) in [6, 6.07) is 7.68. The second-order valence-corrected chi connectivity index (χ2v) is 7.54. The summed E-state index contributed by atoms with van der Waals surface area (Å²) >= 11 is 0. The number of pyridine rings is 1. The maximum Gasteiger partial charge on any atom is 0.248 e. The summed E-state index contributed by atoms with van der Waals surface area (Å²) in [5.41, 5.74) is 0.410. The van der Waals surface area contributed by atoms with E-state index in [0.29, 0.717) is 17.4 Å². The van der Waals surface area contributed by atoms with E-state index < -0.39 is 10.0 Å². The monoisotopic (exact) mass is 351 g/mol. The number of aromatic nitrogens is 1. The van der Waals surface area contributed by atoms with E-state index in [1.54, 1.807) is 18.2 Å². The minimum absolute atomic E-state index is 0.202. The Kier molecular flexibility index (Phi) is 5.30. The van der Waals surface area contributed by atoms with Crippen LogP contribution in [-0.4, -0.2) is 57.7 Å². The number of rotatable bonds is 6. The van der Waals surface area contributed by atoms with Crippen molar-refractivity contribution in [3.05, 3.63) is 40.7 Å². The lowest BCUT2D eigenvalue weighted by molar-refractivity contribution is 0.0376. The van der Waals surface area contributed by atoms with Gasteiger partial charge in [0.2, 0.25) is 15.6 Å². The first-order chi connectivity index (χ1) is 11.5. The van der Waals surface area contributed by atoms with E-state index in [1.165, 1.54) is 12.1 Å². The summed E-state index contributed by atoms with van der Waals surface area (Å²) in [6.07, 6.45) is 0.750. The normalized spacial score (nSPS) is 16.5. The molecule has 0 atom stereocenters. The van der Waals surface area contributed by atoms with Crippen molar-refractivity contribution in [1.82, 2.24) is 14.6 Å². The number of hydrogen-bond acceptors (Lipinski definition) is 5. The van der Waals surface area contributed by atoms with Crippen molar-refractivity contribution in [3.8, 4) is 0 Å². The molecule has 24 heavy (non-hydrogen) atoms. The first-order valence-corrected chi connectivity index (χ1v) is 9.46. The Hall–Kier alpha value is -1.74. The van der Waals surface area contributed by atoms with Gasteiger partial charge in [0.15, 0.2) is 0 Å². The smallest absolute Gasteiger partial charge is 0.248 e. The third kappa shape index (κ3) is 4.21. The Bertz CT molecular complexity index is 857. The minimum atomic E-state index is -3.55. The highest BCUT2D eigenvalue weighted by atomic mass is 32.2. The van der Waals surface area contributed by atoms with E-state index in [1.807, 2.05) is 0 Å². The Morgan fingerprint density at radius 3 is 2.75 bits per heavy atom. The predicted octanol–water partition coefficient (Wildman–Crippen LogP) is 0.529. The molecule has 1 aromatic carbocycles. The van der Waals surface area contributed by atoms with Gasteiger partial charge in [0.05, 0.1) is 18.1 Å². The highest BCUT2D eigenvalue weighted by Gasteiger charge is 2.15. The Morgan fingerprint density at radius 1 is 1.17 bits per heavy atom. The van der Waals surface area contributed by atoms with Gasteiger partial charge >= 0.3 is 0 Å². The molecule has 1 aromatic heterocycles. The second kappa shape index (κ2) is 7.43. The Labute approximate surface area is 140 Å². The van der Waals surface area contributed by atoms with Gasteiger partial charge in [-0.25, -0.2) is 13.1 Å². The lowest BCUT2D eigenvalue weighted by Crippen LogP contribution is -2.38. The Morgan fingerprint density at radius 2 is 1.96 bits per heavy atom. The van der Waals surface area contributed by atoms with Gasteiger partial charge in [0.1, 0.15) is 0 Å². The van der Waals surface area contributed by atoms with Crippen molar-refractivity contribution in [3.63, 3.8) is 0 Å². The number of sulfonamides is 1. The van der Waals surface area contributed by atoms with Crippen LogP contribution in [0, 0.1) is 0 Å². The van der Waals surface area contributed by atoms with Gasteiger partial charge in [-0.2, -0.15) is 0 Å². The van der Waals surface area contributed by atoms with E-state index in [0.717, 1.165) is 39.3 Å². The number of fused-ring (bicyclic) bond motifs is 1. The van der Waals surface area contributed by atoms with Gasteiger partial charge in [-0.15, -0.1) is 0 Å². The number of nitrogens with zero attached hydrogens (tertiary/aromatic N) is 1. The third-order valence-electron chi connectivity index (χ3n) is 4.05. The molecule has 0 unspecified atom stereocenters. The molecule has 0 aliphatic carbocycles. The highest BCUT2D eigenvalue weighted by molar-refractivity contribution is 7.89. The van der Waals surface area contributed by atoms with Crippen molar-refractivity contribution < 1.29 is 13.2 Å². The van der Waals surface area contributed by atoms with Crippen LogP contribution in [0.4, 0.5) is 0 Å². The number of benzene rings is 1. The number of morpholine rings is 1. The van der Waals surface area contributed by atoms with E-state index in [2.05, 4.69) is 14.6 Å². The van der Waals surface area contributed by atoms with E-state index in [-0.39, 0.29) is 10.5 Å². The summed E-state index contributed by atoms with van der Waals surface area (Å²) in [5, 5.41) is 0.686. The molecule has 0 saturated carbocycles. The molecule has 0 spiro atoms. The number of nitrogens with one attached hydrogen (secondary N) is 2. The van der Waals surface area contributed by atoms with Crippen LogP contribution < -0.4 is 10.3 Å². The fraction of sp³-hybridized carbons (Fsp3) is 0.438. The van der Waals surface area contributed by atoms with Gasteiger partial charge in [-0.1, -0.05) is 0 Å². The number of aromatic amines is 1. The van der Waals surface area contributed by atoms with Crippen molar-refractivity contribution in [2.24, 2.45) is 0 Å². The van der Waals surface area contributed by atoms with Crippen LogP contribution in [0.2, 0.25) is 0 Å². The summed E-state index contributed by atoms with van der Waals surface area (Å²) < 4.78 is 32.7. The molecule has 1 fully saturated rings. The van der Waals surface area contributed by atoms with Crippen molar-refractivity contribution in [2.75, 3.05) is 39.4 Å². The maximum absolute atomic E-state index is 12.4. The zero-order valence-corrected chi connectivity index (χ0v) is 14.1. The molecule has 7 nitrogen and oxygen atoms in total. The summed E-state index contributed by atoms with van der Waals surface area (Å²) in [7, 11) is -3.55. The van der Waals surface area contributed by atoms with Crippen molar-refractivity contribution >= 4 is 20.9 Å². The standard InChI is InChI=1S/C16H21N3O4S/c20-16-5-2-13-12-14(3-4-15(13)18-16)24(21,22)17-6-1-7-19-8-10-23-11-9-19/h2-5,12,17H,1,6-11H2,(H,18,20). The lowest BCUT2D eigenvalue weighted by Gasteiger charge is -2.26. The molecule has 0 radical (unpaired) electrons. The summed E-state index contributed by atoms with van der Waals surface area (Å²) in [6.45, 7) is 4.52. The number of hydrogen-bond donors (Lipinski definition) is 2. The molecule has 0 bridgehead atoms. The van der Waals surface area contributed by atoms with E-state index in [9.17, 15) is 13.2 Å². The average Bonchev–Trinajstić information content (AvgIpc) is 2.59.